The molecule has 0 aromatic heterocycles. The van der Waals surface area contributed by atoms with Crippen molar-refractivity contribution in [2.45, 2.75) is 0 Å². The van der Waals surface area contributed by atoms with E-state index in [2.05, 4.69) is 0 Å². The topological polar surface area (TPSA) is 112 Å². The van der Waals surface area contributed by atoms with Crippen LogP contribution >= 0.6 is 0 Å². The fourth-order valence-corrected chi connectivity index (χ4v) is 0. The second-order valence-corrected chi connectivity index (χ2v) is 0.575. The summed E-state index contributed by atoms with van der Waals surface area (Å²) >= 11 is 0. The molecule has 0 fully saturated rings. The Bertz CT molecular complexity index is 81.0. The van der Waals surface area contributed by atoms with Gasteiger partial charge in [0, 0.05) is 0 Å². The first-order valence-corrected chi connectivity index (χ1v) is 1.07. The maximum Gasteiger partial charge on any atom is 4.00 e. The van der Waals surface area contributed by atoms with E-state index in [0.29, 0.717) is 0 Å². The van der Waals surface area contributed by atoms with E-state index in [9.17, 15) is 0 Å². The average molecular weight is 193 g/mol. The summed E-state index contributed by atoms with van der Waals surface area (Å²) < 4.78 is 0. The number of carbonyl (C=O) groups excluding carboxylic acids is 2. The van der Waals surface area contributed by atoms with Gasteiger partial charge in [0.05, 0.1) is 11.9 Å². The van der Waals surface area contributed by atoms with Gasteiger partial charge in [-0.05, 0) is 0 Å². The first kappa shape index (κ1) is 22.5. The van der Waals surface area contributed by atoms with Crippen LogP contribution in [-0.4, -0.2) is 17.4 Å². The molecule has 0 saturated carbocycles. The third kappa shape index (κ3) is 17.6. The number of rotatable bonds is 0. The van der Waals surface area contributed by atoms with Crippen molar-refractivity contribution in [1.29, 1.82) is 0 Å². The Kier molecular flexibility index (Phi) is 29.9. The summed E-state index contributed by atoms with van der Waals surface area (Å²) in [6.45, 7) is 0. The van der Waals surface area contributed by atoms with Crippen LogP contribution in [-0.2, 0) is 31.3 Å². The van der Waals surface area contributed by atoms with Gasteiger partial charge in [-0.1, -0.05) is 0 Å². The molecule has 0 spiro atoms. The molecule has 0 aliphatic heterocycles. The molecule has 0 aliphatic rings. The molecular weight excluding hydrogens is 191 g/mol. The second-order valence-electron chi connectivity index (χ2n) is 0.575. The van der Waals surface area contributed by atoms with Crippen LogP contribution in [0.2, 0.25) is 0 Å². The molecule has 0 atom stereocenters. The minimum atomic E-state index is -2.19. The van der Waals surface area contributed by atoms with E-state index in [1.165, 1.54) is 0 Å². The van der Waals surface area contributed by atoms with Crippen LogP contribution in [0.15, 0.2) is 0 Å². The van der Waals surface area contributed by atoms with Crippen molar-refractivity contribution in [3.05, 3.63) is 0 Å². The summed E-state index contributed by atoms with van der Waals surface area (Å²) in [6.07, 6.45) is 0. The molecular formula is C2H2KO5Ti+3. The Balaban J connectivity index is -0.0000000417. The van der Waals surface area contributed by atoms with Gasteiger partial charge in [0.15, 0.2) is 0 Å². The number of carbonyl (C=O) groups is 2. The molecule has 7 heteroatoms. The van der Waals surface area contributed by atoms with Crippen molar-refractivity contribution in [2.24, 2.45) is 0 Å². The molecule has 0 aromatic rings. The van der Waals surface area contributed by atoms with Crippen molar-refractivity contribution in [1.82, 2.24) is 0 Å². The smallest absolute Gasteiger partial charge is 0.543 e. The van der Waals surface area contributed by atoms with Crippen LogP contribution in [0, 0.1) is 0 Å². The molecule has 0 saturated heterocycles. The Morgan fingerprint density at radius 1 is 1.00 bits per heavy atom. The molecule has 0 unspecified atom stereocenters. The van der Waals surface area contributed by atoms with Crippen LogP contribution in [0.5, 0.6) is 0 Å². The van der Waals surface area contributed by atoms with Crippen LogP contribution in [0.1, 0.15) is 0 Å². The quantitative estimate of drug-likeness (QED) is 0.281. The molecule has 0 aromatic carbocycles. The normalized spacial score (nSPS) is 4.89. The summed E-state index contributed by atoms with van der Waals surface area (Å²) in [5.41, 5.74) is 0. The zero-order valence-corrected chi connectivity index (χ0v) is 9.32. The van der Waals surface area contributed by atoms with Crippen molar-refractivity contribution in [2.75, 3.05) is 0 Å². The van der Waals surface area contributed by atoms with Crippen molar-refractivity contribution >= 4 is 11.9 Å². The summed E-state index contributed by atoms with van der Waals surface area (Å²) in [6, 6.07) is 0. The molecule has 0 radical (unpaired) electrons. The van der Waals surface area contributed by atoms with Gasteiger partial charge in [-0.2, -0.15) is 0 Å². The SMILES string of the molecule is O.O=C([O-])C(=O)[O-].[K+].[Ti+4]. The minimum absolute atomic E-state index is 0. The van der Waals surface area contributed by atoms with Crippen molar-refractivity contribution in [3.63, 3.8) is 0 Å². The van der Waals surface area contributed by atoms with E-state index in [4.69, 9.17) is 19.8 Å². The number of hydrogen-bond donors (Lipinski definition) is 0. The van der Waals surface area contributed by atoms with Crippen molar-refractivity contribution in [3.8, 4) is 0 Å². The molecule has 0 rings (SSSR count). The number of carboxylic acids is 2. The maximum absolute atomic E-state index is 8.93. The van der Waals surface area contributed by atoms with Crippen molar-refractivity contribution < 1.29 is 98.4 Å². The first-order chi connectivity index (χ1) is 2.64. The van der Waals surface area contributed by atoms with Gasteiger partial charge in [-0.15, -0.1) is 0 Å². The molecule has 0 aliphatic carbocycles. The van der Waals surface area contributed by atoms with Crippen LogP contribution in [0.4, 0.5) is 0 Å². The van der Waals surface area contributed by atoms with E-state index in [1.807, 2.05) is 0 Å². The first-order valence-electron chi connectivity index (χ1n) is 1.07. The number of hydrogen-bond acceptors (Lipinski definition) is 4. The Morgan fingerprint density at radius 2 is 1.11 bits per heavy atom. The van der Waals surface area contributed by atoms with Gasteiger partial charge in [0.25, 0.3) is 0 Å². The Morgan fingerprint density at radius 3 is 1.11 bits per heavy atom. The summed E-state index contributed by atoms with van der Waals surface area (Å²) in [7, 11) is 0. The van der Waals surface area contributed by atoms with Crippen LogP contribution in [0.25, 0.3) is 0 Å². The molecule has 5 nitrogen and oxygen atoms in total. The van der Waals surface area contributed by atoms with Crippen LogP contribution in [0.3, 0.4) is 0 Å². The molecule has 0 heterocycles. The second kappa shape index (κ2) is 12.0. The Hall–Kier alpha value is 1.25. The minimum Gasteiger partial charge on any atom is -0.543 e. The number of aliphatic carboxylic acids is 2. The largest absolute Gasteiger partial charge is 4.00 e. The molecule has 2 N–H and O–H groups in total. The fourth-order valence-electron chi connectivity index (χ4n) is 0. The van der Waals surface area contributed by atoms with Gasteiger partial charge in [-0.25, -0.2) is 0 Å². The summed E-state index contributed by atoms with van der Waals surface area (Å²) in [5, 5.41) is 17.9. The van der Waals surface area contributed by atoms with Gasteiger partial charge in [0.1, 0.15) is 0 Å². The zero-order valence-electron chi connectivity index (χ0n) is 4.63. The molecule has 9 heavy (non-hydrogen) atoms. The standard InChI is InChI=1S/C2H2O4.K.H2O.Ti/c3-1(4)2(5)6;;;/h(H,3,4)(H,5,6);;1H2;/q;+1;;+4/p-2. The van der Waals surface area contributed by atoms with E-state index >= 15 is 0 Å². The van der Waals surface area contributed by atoms with Gasteiger partial charge in [0.2, 0.25) is 0 Å². The van der Waals surface area contributed by atoms with Crippen LogP contribution < -0.4 is 61.6 Å². The Labute approximate surface area is 108 Å². The summed E-state index contributed by atoms with van der Waals surface area (Å²) in [5.74, 6) is -4.37. The van der Waals surface area contributed by atoms with E-state index < -0.39 is 11.9 Å². The monoisotopic (exact) mass is 193 g/mol. The summed E-state index contributed by atoms with van der Waals surface area (Å²) in [4.78, 5) is 17.9. The molecule has 42 valence electrons. The maximum atomic E-state index is 8.93. The van der Waals surface area contributed by atoms with E-state index in [0.717, 1.165) is 0 Å². The predicted molar refractivity (Wildman–Crippen MR) is 13.6 cm³/mol. The van der Waals surface area contributed by atoms with E-state index in [-0.39, 0.29) is 78.6 Å². The van der Waals surface area contributed by atoms with E-state index in [1.54, 1.807) is 0 Å². The van der Waals surface area contributed by atoms with Gasteiger partial charge in [-0.3, -0.25) is 0 Å². The zero-order chi connectivity index (χ0) is 5.15. The predicted octanol–water partition coefficient (Wildman–Crippen LogP) is -7.34. The fraction of sp³-hybridized carbons (Fsp3) is 0. The van der Waals surface area contributed by atoms with Gasteiger partial charge >= 0.3 is 73.1 Å². The third-order valence-corrected chi connectivity index (χ3v) is 0.167. The number of carboxylic acid groups (broad SMARTS) is 2. The molecule has 0 amide bonds. The molecule has 0 bridgehead atoms. The average Bonchev–Trinajstić information content (AvgIpc) is 1.36. The van der Waals surface area contributed by atoms with Gasteiger partial charge < -0.3 is 25.3 Å². The third-order valence-electron chi connectivity index (χ3n) is 0.167.